The molecule has 1 aromatic heterocycles. The third kappa shape index (κ3) is 5.28. The van der Waals surface area contributed by atoms with Crippen molar-refractivity contribution in [1.29, 1.82) is 0 Å². The highest BCUT2D eigenvalue weighted by atomic mass is 32.1. The van der Waals surface area contributed by atoms with Gasteiger partial charge in [-0.2, -0.15) is 0 Å². The molecule has 1 N–H and O–H groups in total. The van der Waals surface area contributed by atoms with E-state index in [-0.39, 0.29) is 0 Å². The molecule has 0 radical (unpaired) electrons. The number of aliphatic carboxylic acids is 1. The van der Waals surface area contributed by atoms with Gasteiger partial charge in [0.05, 0.1) is 14.2 Å². The van der Waals surface area contributed by atoms with Crippen molar-refractivity contribution < 1.29 is 19.4 Å². The van der Waals surface area contributed by atoms with Gasteiger partial charge in [0, 0.05) is 36.2 Å². The van der Waals surface area contributed by atoms with Crippen LogP contribution in [0.1, 0.15) is 28.8 Å². The minimum Gasteiger partial charge on any atom is -0.497 e. The van der Waals surface area contributed by atoms with Crippen LogP contribution in [0, 0.1) is 6.92 Å². The predicted octanol–water partition coefficient (Wildman–Crippen LogP) is 4.61. The zero-order chi connectivity index (χ0) is 20.8. The Labute approximate surface area is 175 Å². The maximum absolute atomic E-state index is 11.3. The van der Waals surface area contributed by atoms with Crippen LogP contribution in [0.5, 0.6) is 11.5 Å². The molecular weight excluding hydrogens is 386 g/mol. The highest BCUT2D eigenvalue weighted by Gasteiger charge is 2.17. The molecule has 6 heteroatoms. The molecule has 29 heavy (non-hydrogen) atoms. The summed E-state index contributed by atoms with van der Waals surface area (Å²) < 4.78 is 10.9. The van der Waals surface area contributed by atoms with E-state index in [4.69, 9.17) is 9.47 Å². The highest BCUT2D eigenvalue weighted by molar-refractivity contribution is 7.11. The van der Waals surface area contributed by atoms with E-state index in [1.807, 2.05) is 24.3 Å². The maximum Gasteiger partial charge on any atom is 0.332 e. The summed E-state index contributed by atoms with van der Waals surface area (Å²) in [5.74, 6) is 0.696. The second kappa shape index (κ2) is 9.76. The Hall–Kier alpha value is -2.57. The minimum absolute atomic E-state index is 0.493. The molecular formula is C23H27NO4S. The molecule has 0 saturated heterocycles. The molecule has 1 aromatic carbocycles. The third-order valence-electron chi connectivity index (χ3n) is 5.07. The summed E-state index contributed by atoms with van der Waals surface area (Å²) in [6.45, 7) is 4.33. The van der Waals surface area contributed by atoms with Crippen LogP contribution in [0.2, 0.25) is 0 Å². The lowest BCUT2D eigenvalue weighted by Gasteiger charge is -2.25. The molecule has 0 atom stereocenters. The van der Waals surface area contributed by atoms with Gasteiger partial charge in [0.25, 0.3) is 0 Å². The van der Waals surface area contributed by atoms with E-state index in [1.54, 1.807) is 25.6 Å². The Bertz CT molecular complexity index is 906. The van der Waals surface area contributed by atoms with Crippen LogP contribution in [-0.4, -0.2) is 49.8 Å². The average Bonchev–Trinajstić information content (AvgIpc) is 3.16. The summed E-state index contributed by atoms with van der Waals surface area (Å²) >= 11 is 1.72. The number of nitrogens with zero attached hydrogens (tertiary/aromatic N) is 1. The molecule has 5 nitrogen and oxygen atoms in total. The fraction of sp³-hybridized carbons (Fsp3) is 0.348. The summed E-state index contributed by atoms with van der Waals surface area (Å²) in [5, 5.41) is 11.3. The number of thiophene rings is 1. The number of rotatable bonds is 8. The zero-order valence-electron chi connectivity index (χ0n) is 17.1. The fourth-order valence-electron chi connectivity index (χ4n) is 3.50. The van der Waals surface area contributed by atoms with Gasteiger partial charge in [0.2, 0.25) is 0 Å². The number of methoxy groups -OCH3 is 2. The molecule has 1 aliphatic rings. The quantitative estimate of drug-likeness (QED) is 0.685. The van der Waals surface area contributed by atoms with E-state index < -0.39 is 5.97 Å². The van der Waals surface area contributed by atoms with Gasteiger partial charge in [-0.15, -0.1) is 11.3 Å². The Morgan fingerprint density at radius 2 is 1.97 bits per heavy atom. The number of aryl methyl sites for hydroxylation is 1. The molecule has 0 fully saturated rings. The van der Waals surface area contributed by atoms with Crippen molar-refractivity contribution in [2.75, 3.05) is 33.9 Å². The summed E-state index contributed by atoms with van der Waals surface area (Å²) in [6.07, 6.45) is 5.69. The largest absolute Gasteiger partial charge is 0.497 e. The number of carbonyl (C=O) groups is 1. The van der Waals surface area contributed by atoms with E-state index in [0.717, 1.165) is 48.6 Å². The van der Waals surface area contributed by atoms with Crippen LogP contribution in [-0.2, 0) is 4.79 Å². The van der Waals surface area contributed by atoms with E-state index in [9.17, 15) is 9.90 Å². The second-order valence-electron chi connectivity index (χ2n) is 7.04. The predicted molar refractivity (Wildman–Crippen MR) is 117 cm³/mol. The molecule has 0 bridgehead atoms. The van der Waals surface area contributed by atoms with Crippen molar-refractivity contribution in [1.82, 2.24) is 4.90 Å². The number of benzene rings is 1. The third-order valence-corrected chi connectivity index (χ3v) is 6.12. The topological polar surface area (TPSA) is 59.0 Å². The van der Waals surface area contributed by atoms with E-state index in [2.05, 4.69) is 29.3 Å². The van der Waals surface area contributed by atoms with Crippen molar-refractivity contribution in [2.45, 2.75) is 19.8 Å². The van der Waals surface area contributed by atoms with Crippen LogP contribution in [0.25, 0.3) is 5.57 Å². The van der Waals surface area contributed by atoms with Gasteiger partial charge in [-0.3, -0.25) is 4.90 Å². The lowest BCUT2D eigenvalue weighted by molar-refractivity contribution is -0.133. The minimum atomic E-state index is -0.816. The van der Waals surface area contributed by atoms with Gasteiger partial charge in [0.15, 0.2) is 0 Å². The average molecular weight is 414 g/mol. The maximum atomic E-state index is 11.3. The van der Waals surface area contributed by atoms with Crippen molar-refractivity contribution in [3.8, 4) is 11.5 Å². The Morgan fingerprint density at radius 3 is 2.55 bits per heavy atom. The molecule has 3 rings (SSSR count). The smallest absolute Gasteiger partial charge is 0.332 e. The first-order chi connectivity index (χ1) is 14.0. The van der Waals surface area contributed by atoms with Gasteiger partial charge < -0.3 is 14.6 Å². The number of hydrogen-bond acceptors (Lipinski definition) is 5. The SMILES string of the molecule is COc1cc(OC)cc(C(=CCCN2CCC=C(C(=O)O)C2)c2sccc2C)c1. The highest BCUT2D eigenvalue weighted by Crippen LogP contribution is 2.35. The molecule has 0 saturated carbocycles. The first-order valence-electron chi connectivity index (χ1n) is 9.64. The van der Waals surface area contributed by atoms with E-state index in [0.29, 0.717) is 12.1 Å². The van der Waals surface area contributed by atoms with Crippen LogP contribution in [0.4, 0.5) is 0 Å². The van der Waals surface area contributed by atoms with Crippen molar-refractivity contribution in [3.05, 3.63) is 63.4 Å². The molecule has 0 unspecified atom stereocenters. The molecule has 2 heterocycles. The number of carboxylic acids is 1. The number of carboxylic acid groups (broad SMARTS) is 1. The normalized spacial score (nSPS) is 15.1. The van der Waals surface area contributed by atoms with E-state index >= 15 is 0 Å². The second-order valence-corrected chi connectivity index (χ2v) is 7.96. The molecule has 0 spiro atoms. The Morgan fingerprint density at radius 1 is 1.24 bits per heavy atom. The van der Waals surface area contributed by atoms with Gasteiger partial charge in [-0.25, -0.2) is 4.79 Å². The van der Waals surface area contributed by atoms with Gasteiger partial charge in [-0.05, 0) is 60.0 Å². The standard InChI is InChI=1S/C23H27NO4S/c1-16-8-11-29-22(16)21(18-12-19(27-2)14-20(13-18)28-3)7-5-10-24-9-4-6-17(15-24)23(25)26/h6-8,11-14H,4-5,9-10,15H2,1-3H3,(H,25,26). The summed E-state index contributed by atoms with van der Waals surface area (Å²) in [4.78, 5) is 14.7. The lowest BCUT2D eigenvalue weighted by Crippen LogP contribution is -2.32. The van der Waals surface area contributed by atoms with Gasteiger partial charge in [0.1, 0.15) is 11.5 Å². The first-order valence-corrected chi connectivity index (χ1v) is 10.5. The molecule has 0 amide bonds. The van der Waals surface area contributed by atoms with Gasteiger partial charge >= 0.3 is 5.97 Å². The Kier molecular flexibility index (Phi) is 7.12. The van der Waals surface area contributed by atoms with E-state index in [1.165, 1.54) is 10.4 Å². The van der Waals surface area contributed by atoms with Crippen LogP contribution in [0.3, 0.4) is 0 Å². The fourth-order valence-corrected chi connectivity index (χ4v) is 4.49. The summed E-state index contributed by atoms with van der Waals surface area (Å²) in [5.41, 5.74) is 3.93. The summed E-state index contributed by atoms with van der Waals surface area (Å²) in [7, 11) is 3.31. The van der Waals surface area contributed by atoms with Crippen LogP contribution < -0.4 is 9.47 Å². The monoisotopic (exact) mass is 413 g/mol. The van der Waals surface area contributed by atoms with Crippen molar-refractivity contribution >= 4 is 22.9 Å². The molecule has 0 aliphatic carbocycles. The Balaban J connectivity index is 1.85. The molecule has 2 aromatic rings. The van der Waals surface area contributed by atoms with Crippen LogP contribution in [0.15, 0.2) is 47.4 Å². The first kappa shape index (κ1) is 21.1. The van der Waals surface area contributed by atoms with Crippen LogP contribution >= 0.6 is 11.3 Å². The summed E-state index contributed by atoms with van der Waals surface area (Å²) in [6, 6.07) is 8.05. The zero-order valence-corrected chi connectivity index (χ0v) is 17.9. The van der Waals surface area contributed by atoms with Gasteiger partial charge in [-0.1, -0.05) is 12.2 Å². The number of hydrogen-bond donors (Lipinski definition) is 1. The lowest BCUT2D eigenvalue weighted by atomic mass is 10.00. The molecule has 1 aliphatic heterocycles. The van der Waals surface area contributed by atoms with Crippen molar-refractivity contribution in [2.24, 2.45) is 0 Å². The van der Waals surface area contributed by atoms with Crippen molar-refractivity contribution in [3.63, 3.8) is 0 Å². The number of ether oxygens (including phenoxy) is 2. The molecule has 154 valence electrons.